The smallest absolute Gasteiger partial charge is 0.405 e. The van der Waals surface area contributed by atoms with E-state index in [0.717, 1.165) is 18.3 Å². The minimum Gasteiger partial charge on any atom is -0.465 e. The maximum Gasteiger partial charge on any atom is 0.405 e. The van der Waals surface area contributed by atoms with Crippen LogP contribution in [-0.4, -0.2) is 21.3 Å². The van der Waals surface area contributed by atoms with Gasteiger partial charge in [0.15, 0.2) is 0 Å². The first-order chi connectivity index (χ1) is 10.4. The Morgan fingerprint density at radius 1 is 1.27 bits per heavy atom. The molecular formula is C14H11BrF2N2O3. The highest BCUT2D eigenvalue weighted by molar-refractivity contribution is 9.10. The number of carboxylic acid groups (broad SMARTS) is 1. The predicted molar refractivity (Wildman–Crippen MR) is 77.2 cm³/mol. The molecule has 5 nitrogen and oxygen atoms in total. The summed E-state index contributed by atoms with van der Waals surface area (Å²) in [6.07, 6.45) is -1.92. The quantitative estimate of drug-likeness (QED) is 0.719. The minimum atomic E-state index is -1.43. The van der Waals surface area contributed by atoms with Gasteiger partial charge in [0, 0.05) is 5.56 Å². The molecule has 116 valence electrons. The van der Waals surface area contributed by atoms with E-state index >= 15 is 0 Å². The van der Waals surface area contributed by atoms with E-state index < -0.39 is 29.9 Å². The van der Waals surface area contributed by atoms with Crippen molar-refractivity contribution in [2.75, 3.05) is 0 Å². The summed E-state index contributed by atoms with van der Waals surface area (Å²) >= 11 is 3.06. The third-order valence-corrected chi connectivity index (χ3v) is 3.43. The third-order valence-electron chi connectivity index (χ3n) is 2.99. The van der Waals surface area contributed by atoms with Gasteiger partial charge in [-0.1, -0.05) is 12.1 Å². The van der Waals surface area contributed by atoms with Crippen LogP contribution < -0.4 is 5.32 Å². The van der Waals surface area contributed by atoms with Crippen LogP contribution in [0.3, 0.4) is 0 Å². The molecule has 0 aliphatic carbocycles. The Bertz CT molecular complexity index is 682. The number of hydrogen-bond donors (Lipinski definition) is 3. The molecule has 1 heterocycles. The van der Waals surface area contributed by atoms with Crippen LogP contribution in [0.2, 0.25) is 0 Å². The fourth-order valence-corrected chi connectivity index (χ4v) is 2.33. The molecule has 0 bridgehead atoms. The number of aliphatic hydroxyl groups excluding tert-OH is 1. The second kappa shape index (κ2) is 6.80. The van der Waals surface area contributed by atoms with Gasteiger partial charge in [0.25, 0.3) is 0 Å². The van der Waals surface area contributed by atoms with Crippen molar-refractivity contribution in [2.45, 2.75) is 12.1 Å². The summed E-state index contributed by atoms with van der Waals surface area (Å²) in [6.45, 7) is 0. The van der Waals surface area contributed by atoms with Crippen molar-refractivity contribution in [1.29, 1.82) is 0 Å². The molecule has 1 amide bonds. The fourth-order valence-electron chi connectivity index (χ4n) is 1.98. The van der Waals surface area contributed by atoms with Gasteiger partial charge < -0.3 is 15.5 Å². The zero-order valence-corrected chi connectivity index (χ0v) is 12.6. The Hall–Kier alpha value is -2.06. The number of benzene rings is 1. The first-order valence-corrected chi connectivity index (χ1v) is 6.91. The maximum atomic E-state index is 13.9. The maximum absolute atomic E-state index is 13.9. The van der Waals surface area contributed by atoms with Crippen molar-refractivity contribution in [3.05, 3.63) is 63.9 Å². The minimum absolute atomic E-state index is 0.0823. The molecule has 2 rings (SSSR count). The fraction of sp³-hybridized carbons (Fsp3) is 0.143. The van der Waals surface area contributed by atoms with Crippen LogP contribution in [0, 0.1) is 11.6 Å². The zero-order valence-electron chi connectivity index (χ0n) is 11.0. The lowest BCUT2D eigenvalue weighted by atomic mass is 9.96. The number of nitrogens with zero attached hydrogens (tertiary/aromatic N) is 1. The van der Waals surface area contributed by atoms with E-state index in [4.69, 9.17) is 5.11 Å². The van der Waals surface area contributed by atoms with Crippen molar-refractivity contribution in [2.24, 2.45) is 0 Å². The molecule has 0 fully saturated rings. The SMILES string of the molecule is O=C(O)N[C@H](c1cc(Br)ncc1F)[C@H](O)c1ccc(F)cc1. The Kier molecular flexibility index (Phi) is 5.04. The summed E-state index contributed by atoms with van der Waals surface area (Å²) in [4.78, 5) is 14.6. The Morgan fingerprint density at radius 3 is 2.50 bits per heavy atom. The molecule has 0 aliphatic rings. The normalized spacial score (nSPS) is 13.5. The molecule has 1 aromatic carbocycles. The van der Waals surface area contributed by atoms with E-state index in [2.05, 4.69) is 26.2 Å². The highest BCUT2D eigenvalue weighted by atomic mass is 79.9. The lowest BCUT2D eigenvalue weighted by Crippen LogP contribution is -2.32. The Balaban J connectivity index is 2.43. The molecule has 0 aliphatic heterocycles. The van der Waals surface area contributed by atoms with Crippen LogP contribution in [0.15, 0.2) is 41.1 Å². The monoisotopic (exact) mass is 372 g/mol. The van der Waals surface area contributed by atoms with Crippen molar-refractivity contribution < 1.29 is 23.8 Å². The van der Waals surface area contributed by atoms with Gasteiger partial charge in [-0.2, -0.15) is 0 Å². The van der Waals surface area contributed by atoms with Gasteiger partial charge in [-0.3, -0.25) is 0 Å². The van der Waals surface area contributed by atoms with E-state index in [0.29, 0.717) is 0 Å². The van der Waals surface area contributed by atoms with Crippen LogP contribution in [0.25, 0.3) is 0 Å². The van der Waals surface area contributed by atoms with Gasteiger partial charge in [0.1, 0.15) is 22.3 Å². The molecule has 1 aromatic heterocycles. The number of aliphatic hydroxyl groups is 1. The summed E-state index contributed by atoms with van der Waals surface area (Å²) in [5.74, 6) is -1.28. The van der Waals surface area contributed by atoms with Crippen molar-refractivity contribution in [3.8, 4) is 0 Å². The van der Waals surface area contributed by atoms with E-state index in [1.807, 2.05) is 0 Å². The van der Waals surface area contributed by atoms with Gasteiger partial charge in [-0.25, -0.2) is 18.6 Å². The second-order valence-corrected chi connectivity index (χ2v) is 5.26. The van der Waals surface area contributed by atoms with Gasteiger partial charge in [0.05, 0.1) is 12.2 Å². The average Bonchev–Trinajstić information content (AvgIpc) is 2.47. The number of carbonyl (C=O) groups is 1. The molecule has 0 saturated carbocycles. The summed E-state index contributed by atoms with van der Waals surface area (Å²) in [5, 5.41) is 21.3. The molecule has 0 saturated heterocycles. The predicted octanol–water partition coefficient (Wildman–Crippen LogP) is 3.16. The molecule has 3 N–H and O–H groups in total. The van der Waals surface area contributed by atoms with E-state index in [9.17, 15) is 18.7 Å². The van der Waals surface area contributed by atoms with Crippen molar-refractivity contribution in [3.63, 3.8) is 0 Å². The van der Waals surface area contributed by atoms with Gasteiger partial charge in [0.2, 0.25) is 0 Å². The van der Waals surface area contributed by atoms with Crippen LogP contribution in [0.1, 0.15) is 23.3 Å². The molecule has 2 aromatic rings. The summed E-state index contributed by atoms with van der Waals surface area (Å²) in [6, 6.07) is 4.82. The lowest BCUT2D eigenvalue weighted by molar-refractivity contribution is 0.119. The molecule has 0 radical (unpaired) electrons. The number of hydrogen-bond acceptors (Lipinski definition) is 3. The van der Waals surface area contributed by atoms with E-state index in [-0.39, 0.29) is 15.7 Å². The standard InChI is InChI=1S/C14H11BrF2N2O3/c15-11-5-9(10(17)6-18-11)12(19-14(21)22)13(20)7-1-3-8(16)4-2-7/h1-6,12-13,19-20H,(H,21,22)/t12-,13-/m1/s1. The third kappa shape index (κ3) is 3.77. The largest absolute Gasteiger partial charge is 0.465 e. The van der Waals surface area contributed by atoms with Crippen molar-refractivity contribution >= 4 is 22.0 Å². The highest BCUT2D eigenvalue weighted by Gasteiger charge is 2.27. The Labute approximate surface area is 132 Å². The van der Waals surface area contributed by atoms with Gasteiger partial charge in [-0.15, -0.1) is 0 Å². The van der Waals surface area contributed by atoms with Gasteiger partial charge >= 0.3 is 6.09 Å². The molecular weight excluding hydrogens is 362 g/mol. The lowest BCUT2D eigenvalue weighted by Gasteiger charge is -2.24. The van der Waals surface area contributed by atoms with Crippen LogP contribution in [-0.2, 0) is 0 Å². The molecule has 22 heavy (non-hydrogen) atoms. The van der Waals surface area contributed by atoms with E-state index in [1.165, 1.54) is 18.2 Å². The number of rotatable bonds is 4. The van der Waals surface area contributed by atoms with Crippen LogP contribution in [0.4, 0.5) is 13.6 Å². The Morgan fingerprint density at radius 2 is 1.91 bits per heavy atom. The number of pyridine rings is 1. The highest BCUT2D eigenvalue weighted by Crippen LogP contribution is 2.31. The number of amides is 1. The summed E-state index contributed by atoms with van der Waals surface area (Å²) in [7, 11) is 0. The number of nitrogens with one attached hydrogen (secondary N) is 1. The molecule has 0 unspecified atom stereocenters. The number of aromatic nitrogens is 1. The van der Waals surface area contributed by atoms with E-state index in [1.54, 1.807) is 0 Å². The number of halogens is 3. The second-order valence-electron chi connectivity index (χ2n) is 4.45. The first kappa shape index (κ1) is 16.3. The zero-order chi connectivity index (χ0) is 16.3. The van der Waals surface area contributed by atoms with Crippen molar-refractivity contribution in [1.82, 2.24) is 10.3 Å². The average molecular weight is 373 g/mol. The summed E-state index contributed by atoms with van der Waals surface area (Å²) in [5.41, 5.74) is 0.161. The van der Waals surface area contributed by atoms with Crippen LogP contribution >= 0.6 is 15.9 Å². The molecule has 0 spiro atoms. The molecule has 8 heteroatoms. The van der Waals surface area contributed by atoms with Crippen LogP contribution in [0.5, 0.6) is 0 Å². The van der Waals surface area contributed by atoms with Gasteiger partial charge in [-0.05, 0) is 39.7 Å². The molecule has 2 atom stereocenters. The topological polar surface area (TPSA) is 82.5 Å². The first-order valence-electron chi connectivity index (χ1n) is 6.12. The summed E-state index contributed by atoms with van der Waals surface area (Å²) < 4.78 is 27.1.